The Morgan fingerprint density at radius 3 is 2.80 bits per heavy atom. The van der Waals surface area contributed by atoms with Crippen molar-refractivity contribution in [2.45, 2.75) is 18.9 Å². The quantitative estimate of drug-likeness (QED) is 0.565. The number of nitrogens with one attached hydrogen (secondary N) is 3. The van der Waals surface area contributed by atoms with Gasteiger partial charge in [0.05, 0.1) is 0 Å². The summed E-state index contributed by atoms with van der Waals surface area (Å²) >= 11 is 5.19. The molecule has 1 fully saturated rings. The summed E-state index contributed by atoms with van der Waals surface area (Å²) < 4.78 is 0. The normalized spacial score (nSPS) is 19.5. The first-order valence-corrected chi connectivity index (χ1v) is 5.08. The predicted molar refractivity (Wildman–Crippen MR) is 53.4 cm³/mol. The fourth-order valence-corrected chi connectivity index (χ4v) is 1.32. The van der Waals surface area contributed by atoms with Crippen LogP contribution in [0, 0.1) is 0 Å². The molecule has 0 aromatic heterocycles. The third-order valence-electron chi connectivity index (χ3n) is 1.97. The molecule has 84 valence electrons. The number of carbonyl (C=O) groups excluding carboxylic acids is 3. The van der Waals surface area contributed by atoms with E-state index in [1.165, 1.54) is 0 Å². The van der Waals surface area contributed by atoms with Crippen LogP contribution in [0.15, 0.2) is 0 Å². The Hall–Kier alpha value is -1.30. The number of urea groups is 1. The molecule has 3 N–H and O–H groups in total. The maximum atomic E-state index is 11.0. The van der Waals surface area contributed by atoms with Gasteiger partial charge >= 0.3 is 6.03 Å². The van der Waals surface area contributed by atoms with E-state index in [0.29, 0.717) is 19.4 Å². The number of hydrogen-bond donors (Lipinski definition) is 3. The summed E-state index contributed by atoms with van der Waals surface area (Å²) in [5.74, 6) is -0.822. The summed E-state index contributed by atoms with van der Waals surface area (Å²) in [6, 6.07) is -0.642. The number of alkyl halides is 1. The molecule has 1 rings (SSSR count). The molecule has 1 unspecified atom stereocenters. The monoisotopic (exact) mass is 233 g/mol. The molecular formula is C8H12ClN3O3. The second-order valence-corrected chi connectivity index (χ2v) is 3.46. The summed E-state index contributed by atoms with van der Waals surface area (Å²) in [6.45, 7) is 0.313. The highest BCUT2D eigenvalue weighted by Crippen LogP contribution is 2.04. The fraction of sp³-hybridized carbons (Fsp3) is 0.625. The van der Waals surface area contributed by atoms with Gasteiger partial charge in [0, 0.05) is 19.0 Å². The molecule has 1 saturated heterocycles. The standard InChI is InChI=1S/C8H12ClN3O3/c9-3-7(14)12-8(15)10-4-5-1-2-6(13)11-5/h5H,1-4H2,(H,11,13)(H2,10,12,14,15). The zero-order chi connectivity index (χ0) is 11.3. The van der Waals surface area contributed by atoms with Gasteiger partial charge in [-0.05, 0) is 6.42 Å². The highest BCUT2D eigenvalue weighted by Gasteiger charge is 2.20. The van der Waals surface area contributed by atoms with E-state index in [1.54, 1.807) is 0 Å². The Morgan fingerprint density at radius 1 is 1.53 bits per heavy atom. The Labute approximate surface area is 91.7 Å². The van der Waals surface area contributed by atoms with Crippen LogP contribution in [0.2, 0.25) is 0 Å². The van der Waals surface area contributed by atoms with Crippen LogP contribution < -0.4 is 16.0 Å². The van der Waals surface area contributed by atoms with Gasteiger partial charge in [-0.25, -0.2) is 4.79 Å². The summed E-state index contributed by atoms with van der Waals surface area (Å²) in [4.78, 5) is 32.5. The largest absolute Gasteiger partial charge is 0.352 e. The van der Waals surface area contributed by atoms with E-state index in [0.717, 1.165) is 0 Å². The molecule has 6 nitrogen and oxygen atoms in total. The minimum atomic E-state index is -0.596. The van der Waals surface area contributed by atoms with E-state index in [9.17, 15) is 14.4 Å². The number of imide groups is 1. The smallest absolute Gasteiger partial charge is 0.321 e. The molecule has 1 aliphatic rings. The summed E-state index contributed by atoms with van der Waals surface area (Å²) in [5, 5.41) is 7.18. The lowest BCUT2D eigenvalue weighted by Crippen LogP contribution is -2.45. The average Bonchev–Trinajstić information content (AvgIpc) is 2.61. The number of rotatable bonds is 3. The lowest BCUT2D eigenvalue weighted by molar-refractivity contribution is -0.119. The van der Waals surface area contributed by atoms with Crippen molar-refractivity contribution in [3.8, 4) is 0 Å². The minimum absolute atomic E-state index is 0.0148. The van der Waals surface area contributed by atoms with Crippen LogP contribution in [0.25, 0.3) is 0 Å². The van der Waals surface area contributed by atoms with E-state index < -0.39 is 11.9 Å². The first-order valence-electron chi connectivity index (χ1n) is 4.55. The van der Waals surface area contributed by atoms with Crippen LogP contribution in [-0.2, 0) is 9.59 Å². The van der Waals surface area contributed by atoms with Crippen molar-refractivity contribution in [1.29, 1.82) is 0 Å². The van der Waals surface area contributed by atoms with Crippen LogP contribution >= 0.6 is 11.6 Å². The summed E-state index contributed by atoms with van der Waals surface area (Å²) in [5.41, 5.74) is 0. The van der Waals surface area contributed by atoms with Crippen LogP contribution in [0.5, 0.6) is 0 Å². The molecule has 0 bridgehead atoms. The molecule has 1 atom stereocenters. The van der Waals surface area contributed by atoms with E-state index in [1.807, 2.05) is 5.32 Å². The first-order chi connectivity index (χ1) is 7.11. The molecule has 0 saturated carbocycles. The lowest BCUT2D eigenvalue weighted by atomic mass is 10.2. The van der Waals surface area contributed by atoms with Crippen molar-refractivity contribution >= 4 is 29.4 Å². The molecule has 0 spiro atoms. The van der Waals surface area contributed by atoms with E-state index in [4.69, 9.17) is 11.6 Å². The molecule has 0 aromatic carbocycles. The predicted octanol–water partition coefficient (Wildman–Crippen LogP) is -0.670. The van der Waals surface area contributed by atoms with Gasteiger partial charge in [0.25, 0.3) is 0 Å². The van der Waals surface area contributed by atoms with Gasteiger partial charge < -0.3 is 10.6 Å². The van der Waals surface area contributed by atoms with Crippen molar-refractivity contribution < 1.29 is 14.4 Å². The fourth-order valence-electron chi connectivity index (χ4n) is 1.25. The van der Waals surface area contributed by atoms with Crippen molar-refractivity contribution in [3.05, 3.63) is 0 Å². The third kappa shape index (κ3) is 4.16. The second kappa shape index (κ2) is 5.55. The lowest BCUT2D eigenvalue weighted by Gasteiger charge is -2.11. The molecule has 4 amide bonds. The summed E-state index contributed by atoms with van der Waals surface area (Å²) in [6.07, 6.45) is 1.18. The number of carbonyl (C=O) groups is 3. The number of halogens is 1. The van der Waals surface area contributed by atoms with Crippen LogP contribution in [0.4, 0.5) is 4.79 Å². The third-order valence-corrected chi connectivity index (χ3v) is 2.21. The Balaban J connectivity index is 2.17. The first kappa shape index (κ1) is 11.8. The van der Waals surface area contributed by atoms with Gasteiger partial charge in [0.15, 0.2) is 0 Å². The molecule has 15 heavy (non-hydrogen) atoms. The Kier molecular flexibility index (Phi) is 4.36. The molecule has 0 aromatic rings. The molecular weight excluding hydrogens is 222 g/mol. The van der Waals surface area contributed by atoms with Gasteiger partial charge in [0.2, 0.25) is 11.8 Å². The van der Waals surface area contributed by atoms with Gasteiger partial charge in [-0.1, -0.05) is 0 Å². The van der Waals surface area contributed by atoms with Crippen molar-refractivity contribution in [3.63, 3.8) is 0 Å². The molecule has 1 aliphatic heterocycles. The van der Waals surface area contributed by atoms with Gasteiger partial charge in [-0.15, -0.1) is 11.6 Å². The SMILES string of the molecule is O=C(CCl)NC(=O)NCC1CCC(=O)N1. The topological polar surface area (TPSA) is 87.3 Å². The highest BCUT2D eigenvalue weighted by atomic mass is 35.5. The molecule has 1 heterocycles. The zero-order valence-corrected chi connectivity index (χ0v) is 8.76. The average molecular weight is 234 g/mol. The summed E-state index contributed by atoms with van der Waals surface area (Å²) in [7, 11) is 0. The molecule has 0 aliphatic carbocycles. The van der Waals surface area contributed by atoms with Gasteiger partial charge in [0.1, 0.15) is 5.88 Å². The Bertz CT molecular complexity index is 282. The van der Waals surface area contributed by atoms with Crippen LogP contribution in [0.3, 0.4) is 0 Å². The van der Waals surface area contributed by atoms with E-state index in [2.05, 4.69) is 10.6 Å². The molecule has 0 radical (unpaired) electrons. The highest BCUT2D eigenvalue weighted by molar-refractivity contribution is 6.28. The Morgan fingerprint density at radius 2 is 2.27 bits per heavy atom. The maximum absolute atomic E-state index is 11.0. The minimum Gasteiger partial charge on any atom is -0.352 e. The van der Waals surface area contributed by atoms with Crippen LogP contribution in [0.1, 0.15) is 12.8 Å². The van der Waals surface area contributed by atoms with Crippen molar-refractivity contribution in [2.24, 2.45) is 0 Å². The maximum Gasteiger partial charge on any atom is 0.321 e. The van der Waals surface area contributed by atoms with Crippen LogP contribution in [-0.4, -0.2) is 36.3 Å². The van der Waals surface area contributed by atoms with Gasteiger partial charge in [-0.3, -0.25) is 14.9 Å². The van der Waals surface area contributed by atoms with Crippen molar-refractivity contribution in [2.75, 3.05) is 12.4 Å². The van der Waals surface area contributed by atoms with E-state index in [-0.39, 0.29) is 17.8 Å². The number of hydrogen-bond acceptors (Lipinski definition) is 3. The van der Waals surface area contributed by atoms with Gasteiger partial charge in [-0.2, -0.15) is 0 Å². The van der Waals surface area contributed by atoms with Crippen molar-refractivity contribution in [1.82, 2.24) is 16.0 Å². The molecule has 7 heteroatoms. The van der Waals surface area contributed by atoms with E-state index >= 15 is 0 Å². The number of amides is 4. The zero-order valence-electron chi connectivity index (χ0n) is 8.01. The second-order valence-electron chi connectivity index (χ2n) is 3.19.